The molecule has 1 heterocycles. The number of carboxylic acid groups (broad SMARTS) is 1. The van der Waals surface area contributed by atoms with Crippen LogP contribution in [0.2, 0.25) is 0 Å². The van der Waals surface area contributed by atoms with E-state index in [0.717, 1.165) is 5.75 Å². The van der Waals surface area contributed by atoms with Crippen molar-refractivity contribution in [2.75, 3.05) is 17.3 Å². The molecule has 1 aromatic heterocycles. The summed E-state index contributed by atoms with van der Waals surface area (Å²) in [6, 6.07) is 1.92. The van der Waals surface area contributed by atoms with Gasteiger partial charge in [-0.3, -0.25) is 4.98 Å². The van der Waals surface area contributed by atoms with Crippen molar-refractivity contribution < 1.29 is 9.90 Å². The van der Waals surface area contributed by atoms with E-state index in [9.17, 15) is 4.79 Å². The van der Waals surface area contributed by atoms with Gasteiger partial charge in [0, 0.05) is 24.2 Å². The van der Waals surface area contributed by atoms with Gasteiger partial charge in [-0.1, -0.05) is 0 Å². The van der Waals surface area contributed by atoms with Crippen LogP contribution in [0.1, 0.15) is 17.3 Å². The minimum Gasteiger partial charge on any atom is -0.478 e. The summed E-state index contributed by atoms with van der Waals surface area (Å²) in [4.78, 5) is 14.7. The highest BCUT2D eigenvalue weighted by Gasteiger charge is 2.11. The van der Waals surface area contributed by atoms with Crippen LogP contribution < -0.4 is 5.32 Å². The molecule has 0 aliphatic carbocycles. The van der Waals surface area contributed by atoms with Crippen LogP contribution in [0.15, 0.2) is 18.5 Å². The summed E-state index contributed by atoms with van der Waals surface area (Å²) in [5.74, 6) is -0.0246. The van der Waals surface area contributed by atoms with Gasteiger partial charge in [0.15, 0.2) is 0 Å². The van der Waals surface area contributed by atoms with Crippen LogP contribution in [0.4, 0.5) is 5.69 Å². The fourth-order valence-corrected chi connectivity index (χ4v) is 1.83. The fraction of sp³-hybridized carbons (Fsp3) is 0.400. The molecule has 1 atom stereocenters. The first-order chi connectivity index (χ1) is 7.15. The van der Waals surface area contributed by atoms with E-state index in [2.05, 4.69) is 10.3 Å². The van der Waals surface area contributed by atoms with E-state index >= 15 is 0 Å². The Morgan fingerprint density at radius 2 is 2.47 bits per heavy atom. The maximum absolute atomic E-state index is 10.9. The van der Waals surface area contributed by atoms with Crippen LogP contribution in [-0.4, -0.2) is 34.1 Å². The zero-order chi connectivity index (χ0) is 11.3. The molecular weight excluding hydrogens is 212 g/mol. The quantitative estimate of drug-likeness (QED) is 0.803. The molecule has 0 spiro atoms. The van der Waals surface area contributed by atoms with E-state index in [1.165, 1.54) is 6.20 Å². The van der Waals surface area contributed by atoms with Gasteiger partial charge in [0.1, 0.15) is 5.56 Å². The molecule has 0 fully saturated rings. The lowest BCUT2D eigenvalue weighted by molar-refractivity contribution is 0.0697. The van der Waals surface area contributed by atoms with Crippen LogP contribution in [0.5, 0.6) is 0 Å². The Labute approximate surface area is 93.1 Å². The summed E-state index contributed by atoms with van der Waals surface area (Å²) >= 11 is 1.72. The monoisotopic (exact) mass is 226 g/mol. The SMILES string of the molecule is CSCC(C)Nc1ccncc1C(=O)O. The average molecular weight is 226 g/mol. The van der Waals surface area contributed by atoms with Crippen LogP contribution in [-0.2, 0) is 0 Å². The molecule has 0 saturated heterocycles. The number of nitrogens with zero attached hydrogens (tertiary/aromatic N) is 1. The molecule has 0 saturated carbocycles. The normalized spacial score (nSPS) is 12.1. The largest absolute Gasteiger partial charge is 0.478 e. The molecule has 0 aromatic carbocycles. The van der Waals surface area contributed by atoms with Gasteiger partial charge >= 0.3 is 5.97 Å². The van der Waals surface area contributed by atoms with Crippen molar-refractivity contribution in [3.05, 3.63) is 24.0 Å². The molecule has 5 heteroatoms. The van der Waals surface area contributed by atoms with Gasteiger partial charge in [-0.2, -0.15) is 11.8 Å². The maximum atomic E-state index is 10.9. The first kappa shape index (κ1) is 11.8. The number of anilines is 1. The number of aromatic nitrogens is 1. The van der Waals surface area contributed by atoms with Gasteiger partial charge < -0.3 is 10.4 Å². The van der Waals surface area contributed by atoms with E-state index < -0.39 is 5.97 Å². The van der Waals surface area contributed by atoms with Crippen LogP contribution in [0, 0.1) is 0 Å². The number of hydrogen-bond acceptors (Lipinski definition) is 4. The predicted octanol–water partition coefficient (Wildman–Crippen LogP) is 1.94. The van der Waals surface area contributed by atoms with Gasteiger partial charge in [-0.05, 0) is 19.2 Å². The fourth-order valence-electron chi connectivity index (χ4n) is 1.25. The number of thioether (sulfide) groups is 1. The molecule has 0 aliphatic heterocycles. The number of nitrogens with one attached hydrogen (secondary N) is 1. The molecule has 15 heavy (non-hydrogen) atoms. The first-order valence-electron chi connectivity index (χ1n) is 4.58. The Hall–Kier alpha value is -1.23. The molecule has 1 unspecified atom stereocenters. The van der Waals surface area contributed by atoms with Crippen molar-refractivity contribution in [2.24, 2.45) is 0 Å². The second-order valence-corrected chi connectivity index (χ2v) is 4.14. The molecule has 0 bridgehead atoms. The van der Waals surface area contributed by atoms with Crippen molar-refractivity contribution >= 4 is 23.4 Å². The topological polar surface area (TPSA) is 62.2 Å². The Balaban J connectivity index is 2.79. The zero-order valence-corrected chi connectivity index (χ0v) is 9.54. The Bertz CT molecular complexity index is 344. The highest BCUT2D eigenvalue weighted by Crippen LogP contribution is 2.15. The van der Waals surface area contributed by atoms with Gasteiger partial charge in [-0.25, -0.2) is 4.79 Å². The molecule has 0 aliphatic rings. The summed E-state index contributed by atoms with van der Waals surface area (Å²) in [6.45, 7) is 2.02. The highest BCUT2D eigenvalue weighted by atomic mass is 32.2. The smallest absolute Gasteiger partial charge is 0.339 e. The molecule has 1 rings (SSSR count). The minimum atomic E-state index is -0.957. The lowest BCUT2D eigenvalue weighted by atomic mass is 10.2. The molecule has 0 amide bonds. The van der Waals surface area contributed by atoms with E-state index in [1.807, 2.05) is 13.2 Å². The zero-order valence-electron chi connectivity index (χ0n) is 8.73. The Morgan fingerprint density at radius 1 is 1.73 bits per heavy atom. The lowest BCUT2D eigenvalue weighted by Crippen LogP contribution is -2.19. The minimum absolute atomic E-state index is 0.213. The highest BCUT2D eigenvalue weighted by molar-refractivity contribution is 7.98. The second kappa shape index (κ2) is 5.60. The van der Waals surface area contributed by atoms with Crippen molar-refractivity contribution in [1.29, 1.82) is 0 Å². The van der Waals surface area contributed by atoms with Gasteiger partial charge in [0.2, 0.25) is 0 Å². The number of pyridine rings is 1. The summed E-state index contributed by atoms with van der Waals surface area (Å²) in [5, 5.41) is 12.1. The van der Waals surface area contributed by atoms with Gasteiger partial charge in [0.05, 0.1) is 5.69 Å². The van der Waals surface area contributed by atoms with Crippen molar-refractivity contribution in [3.8, 4) is 0 Å². The van der Waals surface area contributed by atoms with E-state index in [-0.39, 0.29) is 11.6 Å². The standard InChI is InChI=1S/C10H14N2O2S/c1-7(6-15-2)12-9-3-4-11-5-8(9)10(13)14/h3-5,7H,6H2,1-2H3,(H,11,12)(H,13,14). The van der Waals surface area contributed by atoms with Crippen molar-refractivity contribution in [1.82, 2.24) is 4.98 Å². The summed E-state index contributed by atoms with van der Waals surface area (Å²) in [7, 11) is 0. The van der Waals surface area contributed by atoms with E-state index in [4.69, 9.17) is 5.11 Å². The predicted molar refractivity (Wildman–Crippen MR) is 62.7 cm³/mol. The molecule has 4 nitrogen and oxygen atoms in total. The molecule has 0 radical (unpaired) electrons. The lowest BCUT2D eigenvalue weighted by Gasteiger charge is -2.15. The molecule has 1 aromatic rings. The third-order valence-corrected chi connectivity index (χ3v) is 2.70. The number of aromatic carboxylic acids is 1. The van der Waals surface area contributed by atoms with E-state index in [1.54, 1.807) is 24.0 Å². The second-order valence-electron chi connectivity index (χ2n) is 3.23. The van der Waals surface area contributed by atoms with Crippen LogP contribution >= 0.6 is 11.8 Å². The van der Waals surface area contributed by atoms with Crippen molar-refractivity contribution in [2.45, 2.75) is 13.0 Å². The summed E-state index contributed by atoms with van der Waals surface area (Å²) < 4.78 is 0. The molecular formula is C10H14N2O2S. The average Bonchev–Trinajstić information content (AvgIpc) is 2.18. The third kappa shape index (κ3) is 3.43. The number of carboxylic acids is 1. The molecule has 82 valence electrons. The summed E-state index contributed by atoms with van der Waals surface area (Å²) in [5.41, 5.74) is 0.838. The van der Waals surface area contributed by atoms with E-state index in [0.29, 0.717) is 5.69 Å². The Kier molecular flexibility index (Phi) is 4.42. The Morgan fingerprint density at radius 3 is 3.07 bits per heavy atom. The third-order valence-electron chi connectivity index (χ3n) is 1.87. The van der Waals surface area contributed by atoms with Gasteiger partial charge in [0.25, 0.3) is 0 Å². The van der Waals surface area contributed by atoms with Crippen LogP contribution in [0.3, 0.4) is 0 Å². The maximum Gasteiger partial charge on any atom is 0.339 e. The summed E-state index contributed by atoms with van der Waals surface area (Å²) in [6.07, 6.45) is 4.96. The van der Waals surface area contributed by atoms with Gasteiger partial charge in [-0.15, -0.1) is 0 Å². The number of hydrogen-bond donors (Lipinski definition) is 2. The van der Waals surface area contributed by atoms with Crippen LogP contribution in [0.25, 0.3) is 0 Å². The number of rotatable bonds is 5. The molecule has 2 N–H and O–H groups in total. The first-order valence-corrected chi connectivity index (χ1v) is 5.97. The number of carbonyl (C=O) groups is 1. The van der Waals surface area contributed by atoms with Crippen molar-refractivity contribution in [3.63, 3.8) is 0 Å².